The van der Waals surface area contributed by atoms with Crippen LogP contribution in [0.4, 0.5) is 0 Å². The maximum absolute atomic E-state index is 12.3. The molecule has 3 aliphatic rings. The minimum Gasteiger partial charge on any atom is -0.377 e. The third kappa shape index (κ3) is 5.43. The molecule has 136 valence electrons. The van der Waals surface area contributed by atoms with E-state index in [2.05, 4.69) is 15.1 Å². The average molecular weight is 338 g/mol. The molecule has 1 saturated carbocycles. The standard InChI is InChI=1S/C17H30N4O3/c1-19(12-16(22)18-14-4-5-14)17(23)13-21-8-6-20(7-9-21)11-15-3-2-10-24-15/h14-15H,2-13H2,1H3,(H,18,22). The van der Waals surface area contributed by atoms with Crippen molar-refractivity contribution in [3.8, 4) is 0 Å². The molecular weight excluding hydrogens is 308 g/mol. The van der Waals surface area contributed by atoms with Crippen LogP contribution < -0.4 is 5.32 Å². The molecular formula is C17H30N4O3. The van der Waals surface area contributed by atoms with Gasteiger partial charge in [0.15, 0.2) is 0 Å². The Morgan fingerprint density at radius 3 is 2.46 bits per heavy atom. The number of likely N-dealkylation sites (N-methyl/N-ethyl adjacent to an activating group) is 1. The fourth-order valence-corrected chi connectivity index (χ4v) is 3.32. The summed E-state index contributed by atoms with van der Waals surface area (Å²) >= 11 is 0. The van der Waals surface area contributed by atoms with E-state index in [1.807, 2.05) is 0 Å². The fourth-order valence-electron chi connectivity index (χ4n) is 3.32. The molecule has 2 aliphatic heterocycles. The van der Waals surface area contributed by atoms with Crippen molar-refractivity contribution in [3.63, 3.8) is 0 Å². The monoisotopic (exact) mass is 338 g/mol. The maximum atomic E-state index is 12.3. The van der Waals surface area contributed by atoms with Gasteiger partial charge in [-0.05, 0) is 25.7 Å². The zero-order valence-electron chi connectivity index (χ0n) is 14.7. The summed E-state index contributed by atoms with van der Waals surface area (Å²) in [6.45, 7) is 6.26. The van der Waals surface area contributed by atoms with Crippen LogP contribution in [0.1, 0.15) is 25.7 Å². The Balaban J connectivity index is 1.32. The highest BCUT2D eigenvalue weighted by atomic mass is 16.5. The second-order valence-electron chi connectivity index (χ2n) is 7.30. The van der Waals surface area contributed by atoms with Crippen LogP contribution in [0.5, 0.6) is 0 Å². The van der Waals surface area contributed by atoms with Crippen molar-refractivity contribution in [3.05, 3.63) is 0 Å². The van der Waals surface area contributed by atoms with Gasteiger partial charge in [-0.2, -0.15) is 0 Å². The van der Waals surface area contributed by atoms with Crippen LogP contribution in [-0.2, 0) is 14.3 Å². The van der Waals surface area contributed by atoms with E-state index in [0.717, 1.165) is 52.2 Å². The number of nitrogens with zero attached hydrogens (tertiary/aromatic N) is 3. The SMILES string of the molecule is CN(CC(=O)NC1CC1)C(=O)CN1CCN(CC2CCCO2)CC1. The van der Waals surface area contributed by atoms with Crippen molar-refractivity contribution < 1.29 is 14.3 Å². The summed E-state index contributed by atoms with van der Waals surface area (Å²) in [5.74, 6) is -0.0248. The fraction of sp³-hybridized carbons (Fsp3) is 0.882. The second kappa shape index (κ2) is 8.27. The lowest BCUT2D eigenvalue weighted by Gasteiger charge is -2.35. The van der Waals surface area contributed by atoms with Crippen molar-refractivity contribution in [1.82, 2.24) is 20.0 Å². The second-order valence-corrected chi connectivity index (χ2v) is 7.30. The van der Waals surface area contributed by atoms with E-state index in [1.54, 1.807) is 7.05 Å². The molecule has 0 aromatic heterocycles. The van der Waals surface area contributed by atoms with Crippen molar-refractivity contribution >= 4 is 11.8 Å². The molecule has 7 nitrogen and oxygen atoms in total. The molecule has 0 aromatic carbocycles. The van der Waals surface area contributed by atoms with Gasteiger partial charge in [0, 0.05) is 52.4 Å². The minimum atomic E-state index is -0.0465. The van der Waals surface area contributed by atoms with E-state index in [0.29, 0.717) is 18.7 Å². The van der Waals surface area contributed by atoms with Gasteiger partial charge < -0.3 is 15.0 Å². The van der Waals surface area contributed by atoms with Gasteiger partial charge in [-0.3, -0.25) is 19.4 Å². The molecule has 0 bridgehead atoms. The highest BCUT2D eigenvalue weighted by molar-refractivity contribution is 5.85. The van der Waals surface area contributed by atoms with E-state index in [4.69, 9.17) is 4.74 Å². The Kier molecular flexibility index (Phi) is 6.08. The molecule has 7 heteroatoms. The Bertz CT molecular complexity index is 441. The largest absolute Gasteiger partial charge is 0.377 e. The smallest absolute Gasteiger partial charge is 0.239 e. The molecule has 1 N–H and O–H groups in total. The number of hydrogen-bond acceptors (Lipinski definition) is 5. The number of ether oxygens (including phenoxy) is 1. The van der Waals surface area contributed by atoms with Gasteiger partial charge in [0.1, 0.15) is 0 Å². The first-order chi connectivity index (χ1) is 11.6. The van der Waals surface area contributed by atoms with Gasteiger partial charge in [0.05, 0.1) is 19.2 Å². The number of rotatable bonds is 7. The van der Waals surface area contributed by atoms with E-state index in [9.17, 15) is 9.59 Å². The first-order valence-electron chi connectivity index (χ1n) is 9.20. The Labute approximate surface area is 144 Å². The van der Waals surface area contributed by atoms with Gasteiger partial charge in [-0.25, -0.2) is 0 Å². The molecule has 3 rings (SSSR count). The number of amides is 2. The van der Waals surface area contributed by atoms with Crippen LogP contribution in [0.3, 0.4) is 0 Å². The van der Waals surface area contributed by atoms with E-state index >= 15 is 0 Å². The molecule has 2 saturated heterocycles. The molecule has 1 aliphatic carbocycles. The lowest BCUT2D eigenvalue weighted by Crippen LogP contribution is -2.51. The zero-order valence-corrected chi connectivity index (χ0v) is 14.7. The minimum absolute atomic E-state index is 0.0218. The highest BCUT2D eigenvalue weighted by Gasteiger charge is 2.26. The predicted octanol–water partition coefficient (Wildman–Crippen LogP) is -0.480. The first kappa shape index (κ1) is 17.6. The Morgan fingerprint density at radius 1 is 1.12 bits per heavy atom. The van der Waals surface area contributed by atoms with Crippen LogP contribution in [0.2, 0.25) is 0 Å². The summed E-state index contributed by atoms with van der Waals surface area (Å²) in [6, 6.07) is 0.345. The quantitative estimate of drug-likeness (QED) is 0.679. The van der Waals surface area contributed by atoms with Gasteiger partial charge in [-0.15, -0.1) is 0 Å². The van der Waals surface area contributed by atoms with Crippen molar-refractivity contribution in [2.45, 2.75) is 37.8 Å². The molecule has 0 spiro atoms. The number of nitrogens with one attached hydrogen (secondary N) is 1. The lowest BCUT2D eigenvalue weighted by molar-refractivity contribution is -0.136. The van der Waals surface area contributed by atoms with Gasteiger partial charge >= 0.3 is 0 Å². The highest BCUT2D eigenvalue weighted by Crippen LogP contribution is 2.18. The molecule has 1 unspecified atom stereocenters. The molecule has 0 radical (unpaired) electrons. The van der Waals surface area contributed by atoms with Gasteiger partial charge in [0.2, 0.25) is 11.8 Å². The van der Waals surface area contributed by atoms with Gasteiger partial charge in [0.25, 0.3) is 0 Å². The lowest BCUT2D eigenvalue weighted by atomic mass is 10.2. The van der Waals surface area contributed by atoms with E-state index in [1.165, 1.54) is 17.7 Å². The molecule has 24 heavy (non-hydrogen) atoms. The van der Waals surface area contributed by atoms with Crippen LogP contribution in [-0.4, -0.2) is 98.1 Å². The van der Waals surface area contributed by atoms with E-state index < -0.39 is 0 Å². The zero-order chi connectivity index (χ0) is 16.9. The maximum Gasteiger partial charge on any atom is 0.239 e. The summed E-state index contributed by atoms with van der Waals surface area (Å²) in [6.07, 6.45) is 4.89. The molecule has 2 amide bonds. The third-order valence-electron chi connectivity index (χ3n) is 5.06. The van der Waals surface area contributed by atoms with Crippen LogP contribution in [0.15, 0.2) is 0 Å². The van der Waals surface area contributed by atoms with Crippen LogP contribution in [0.25, 0.3) is 0 Å². The van der Waals surface area contributed by atoms with E-state index in [-0.39, 0.29) is 18.4 Å². The average Bonchev–Trinajstić information content (AvgIpc) is 3.21. The number of carbonyl (C=O) groups excluding carboxylic acids is 2. The van der Waals surface area contributed by atoms with Crippen molar-refractivity contribution in [2.75, 3.05) is 59.5 Å². The Hall–Kier alpha value is -1.18. The summed E-state index contributed by atoms with van der Waals surface area (Å²) in [4.78, 5) is 30.2. The number of carbonyl (C=O) groups is 2. The summed E-state index contributed by atoms with van der Waals surface area (Å²) in [7, 11) is 1.71. The molecule has 0 aromatic rings. The number of hydrogen-bond donors (Lipinski definition) is 1. The van der Waals surface area contributed by atoms with Crippen molar-refractivity contribution in [2.24, 2.45) is 0 Å². The van der Waals surface area contributed by atoms with Gasteiger partial charge in [-0.1, -0.05) is 0 Å². The van der Waals surface area contributed by atoms with Crippen LogP contribution >= 0.6 is 0 Å². The molecule has 2 heterocycles. The normalized spacial score (nSPS) is 25.6. The Morgan fingerprint density at radius 2 is 1.83 bits per heavy atom. The summed E-state index contributed by atoms with van der Waals surface area (Å²) < 4.78 is 5.69. The summed E-state index contributed by atoms with van der Waals surface area (Å²) in [5, 5.41) is 2.92. The third-order valence-corrected chi connectivity index (χ3v) is 5.06. The molecule has 3 fully saturated rings. The van der Waals surface area contributed by atoms with Crippen LogP contribution in [0, 0.1) is 0 Å². The number of piperazine rings is 1. The first-order valence-corrected chi connectivity index (χ1v) is 9.20. The molecule has 1 atom stereocenters. The summed E-state index contributed by atoms with van der Waals surface area (Å²) in [5.41, 5.74) is 0. The topological polar surface area (TPSA) is 65.1 Å². The van der Waals surface area contributed by atoms with Crippen molar-refractivity contribution in [1.29, 1.82) is 0 Å². The predicted molar refractivity (Wildman–Crippen MR) is 90.7 cm³/mol.